The Morgan fingerprint density at radius 2 is 2.08 bits per heavy atom. The number of amides is 1. The zero-order valence-corrected chi connectivity index (χ0v) is 14.7. The summed E-state index contributed by atoms with van der Waals surface area (Å²) >= 11 is 0. The molecule has 1 aliphatic carbocycles. The van der Waals surface area contributed by atoms with Crippen molar-refractivity contribution in [3.05, 3.63) is 0 Å². The minimum absolute atomic E-state index is 0.0324. The van der Waals surface area contributed by atoms with Gasteiger partial charge in [0.1, 0.15) is 18.7 Å². The Bertz CT molecular complexity index is 633. The first kappa shape index (κ1) is 17.2. The number of nitrogens with one attached hydrogen (secondary N) is 2. The van der Waals surface area contributed by atoms with E-state index in [4.69, 9.17) is 16.2 Å². The molecule has 0 unspecified atom stereocenters. The van der Waals surface area contributed by atoms with Gasteiger partial charge in [-0.2, -0.15) is 0 Å². The highest BCUT2D eigenvalue weighted by molar-refractivity contribution is 5.87. The highest BCUT2D eigenvalue weighted by Crippen LogP contribution is 2.39. The minimum atomic E-state index is -0.899. The highest BCUT2D eigenvalue weighted by atomic mass is 16.5. The molecule has 1 amide bonds. The number of alkyl carbamates (subject to hydrolysis) is 1. The fourth-order valence-corrected chi connectivity index (χ4v) is 4.64. The lowest BCUT2D eigenvalue weighted by molar-refractivity contribution is 0.0144. The molecule has 7 N–H and O–H groups in total. The van der Waals surface area contributed by atoms with Gasteiger partial charge < -0.3 is 36.8 Å². The number of carbonyl (C=O) groups is 1. The fraction of sp³-hybridized carbons (Fsp3) is 0.812. The molecule has 4 atom stereocenters. The van der Waals surface area contributed by atoms with Crippen LogP contribution in [0, 0.1) is 0 Å². The molecule has 0 aromatic rings. The van der Waals surface area contributed by atoms with Crippen molar-refractivity contribution in [1.82, 2.24) is 15.5 Å². The standard InChI is InChI=1S/C16H27N7O3/c17-13-21-12-10(8-26-15(25)19-9-4-2-1-3-5-9)20-14(18)23-7-6-11(24)16(12,23)22-13/h9-12,24H,1-8H2,(H2,18,20)(H,19,25)(H3,17,21,22)/t10-,11-,12-,16+/m0/s1. The van der Waals surface area contributed by atoms with E-state index in [-0.39, 0.29) is 18.6 Å². The zero-order valence-electron chi connectivity index (χ0n) is 14.7. The number of rotatable bonds is 3. The van der Waals surface area contributed by atoms with E-state index in [1.165, 1.54) is 6.42 Å². The monoisotopic (exact) mass is 365 g/mol. The lowest BCUT2D eigenvalue weighted by Crippen LogP contribution is -2.72. The van der Waals surface area contributed by atoms with Crippen molar-refractivity contribution in [2.75, 3.05) is 13.2 Å². The number of hydrogen-bond donors (Lipinski definition) is 5. The summed E-state index contributed by atoms with van der Waals surface area (Å²) in [6.45, 7) is 0.600. The first-order chi connectivity index (χ1) is 12.5. The third-order valence-corrected chi connectivity index (χ3v) is 5.89. The summed E-state index contributed by atoms with van der Waals surface area (Å²) in [5.74, 6) is 0.541. The molecular weight excluding hydrogens is 338 g/mol. The van der Waals surface area contributed by atoms with E-state index in [0.717, 1.165) is 25.7 Å². The smallest absolute Gasteiger partial charge is 0.407 e. The largest absolute Gasteiger partial charge is 0.447 e. The summed E-state index contributed by atoms with van der Waals surface area (Å²) in [7, 11) is 0. The van der Waals surface area contributed by atoms with Gasteiger partial charge in [0.25, 0.3) is 0 Å². The van der Waals surface area contributed by atoms with Crippen molar-refractivity contribution < 1.29 is 14.6 Å². The number of aliphatic hydroxyl groups is 1. The van der Waals surface area contributed by atoms with Gasteiger partial charge in [-0.1, -0.05) is 19.3 Å². The molecule has 10 heteroatoms. The predicted octanol–water partition coefficient (Wildman–Crippen LogP) is -1.21. The second-order valence-electron chi connectivity index (χ2n) is 7.50. The van der Waals surface area contributed by atoms with Crippen LogP contribution in [0.4, 0.5) is 4.79 Å². The van der Waals surface area contributed by atoms with Gasteiger partial charge in [-0.15, -0.1) is 0 Å². The van der Waals surface area contributed by atoms with Crippen LogP contribution in [0.5, 0.6) is 0 Å². The van der Waals surface area contributed by atoms with Gasteiger partial charge in [-0.25, -0.2) is 14.8 Å². The first-order valence-electron chi connectivity index (χ1n) is 9.34. The van der Waals surface area contributed by atoms with Crippen molar-refractivity contribution >= 4 is 18.0 Å². The number of ether oxygens (including phenoxy) is 1. The van der Waals surface area contributed by atoms with E-state index in [1.54, 1.807) is 0 Å². The van der Waals surface area contributed by atoms with Crippen molar-refractivity contribution in [3.63, 3.8) is 0 Å². The van der Waals surface area contributed by atoms with Crippen molar-refractivity contribution in [2.24, 2.45) is 21.5 Å². The fourth-order valence-electron chi connectivity index (χ4n) is 4.64. The van der Waals surface area contributed by atoms with Gasteiger partial charge in [0.15, 0.2) is 17.6 Å². The molecule has 4 rings (SSSR count). The van der Waals surface area contributed by atoms with Crippen LogP contribution < -0.4 is 22.1 Å². The maximum absolute atomic E-state index is 12.1. The molecule has 0 bridgehead atoms. The van der Waals surface area contributed by atoms with Crippen LogP contribution in [-0.2, 0) is 4.74 Å². The van der Waals surface area contributed by atoms with Crippen LogP contribution in [0.1, 0.15) is 38.5 Å². The van der Waals surface area contributed by atoms with Gasteiger partial charge in [0.05, 0.1) is 6.10 Å². The zero-order chi connectivity index (χ0) is 18.3. The Hall–Kier alpha value is -2.23. The van der Waals surface area contributed by atoms with Gasteiger partial charge in [-0.05, 0) is 19.3 Å². The molecule has 1 spiro atoms. The lowest BCUT2D eigenvalue weighted by Gasteiger charge is -2.46. The molecule has 3 heterocycles. The Kier molecular flexibility index (Phi) is 4.29. The third kappa shape index (κ3) is 2.72. The van der Waals surface area contributed by atoms with Crippen molar-refractivity contribution in [2.45, 2.75) is 68.4 Å². The average Bonchev–Trinajstić information content (AvgIpc) is 3.14. The summed E-state index contributed by atoms with van der Waals surface area (Å²) in [5, 5.41) is 16.6. The summed E-state index contributed by atoms with van der Waals surface area (Å²) in [6, 6.07) is -0.782. The van der Waals surface area contributed by atoms with E-state index < -0.39 is 29.9 Å². The number of guanidine groups is 2. The SMILES string of the molecule is NC1=N[C@H]2[C@H](COC(=O)NC3CCCCC3)N=C(N)N3CC[C@H](O)[C@]23N1. The second-order valence-corrected chi connectivity index (χ2v) is 7.50. The Labute approximate surface area is 152 Å². The number of nitrogens with zero attached hydrogens (tertiary/aromatic N) is 3. The van der Waals surface area contributed by atoms with Gasteiger partial charge >= 0.3 is 6.09 Å². The van der Waals surface area contributed by atoms with Crippen LogP contribution >= 0.6 is 0 Å². The van der Waals surface area contributed by atoms with Gasteiger partial charge in [0.2, 0.25) is 0 Å². The van der Waals surface area contributed by atoms with Gasteiger partial charge in [0, 0.05) is 12.6 Å². The molecular formula is C16H27N7O3. The van der Waals surface area contributed by atoms with E-state index in [9.17, 15) is 9.90 Å². The Morgan fingerprint density at radius 1 is 1.31 bits per heavy atom. The van der Waals surface area contributed by atoms with Crippen LogP contribution in [0.15, 0.2) is 9.98 Å². The quantitative estimate of drug-likeness (QED) is 0.421. The predicted molar refractivity (Wildman–Crippen MR) is 95.4 cm³/mol. The summed E-state index contributed by atoms with van der Waals surface area (Å²) in [6.07, 6.45) is 4.86. The molecule has 1 saturated carbocycles. The van der Waals surface area contributed by atoms with E-state index in [1.807, 2.05) is 4.90 Å². The third-order valence-electron chi connectivity index (χ3n) is 5.89. The molecule has 2 fully saturated rings. The average molecular weight is 365 g/mol. The molecule has 144 valence electrons. The Balaban J connectivity index is 1.43. The van der Waals surface area contributed by atoms with Crippen molar-refractivity contribution in [1.29, 1.82) is 0 Å². The minimum Gasteiger partial charge on any atom is -0.447 e. The molecule has 4 aliphatic rings. The van der Waals surface area contributed by atoms with Crippen LogP contribution in [0.25, 0.3) is 0 Å². The first-order valence-corrected chi connectivity index (χ1v) is 9.34. The number of nitrogens with two attached hydrogens (primary N) is 2. The number of carbonyl (C=O) groups excluding carboxylic acids is 1. The molecule has 0 radical (unpaired) electrons. The van der Waals surface area contributed by atoms with Crippen LogP contribution in [0.3, 0.4) is 0 Å². The molecule has 0 aromatic heterocycles. The maximum atomic E-state index is 12.1. The molecule has 26 heavy (non-hydrogen) atoms. The Morgan fingerprint density at radius 3 is 2.85 bits per heavy atom. The lowest BCUT2D eigenvalue weighted by atomic mass is 9.89. The summed E-state index contributed by atoms with van der Waals surface area (Å²) < 4.78 is 5.41. The van der Waals surface area contributed by atoms with Crippen molar-refractivity contribution in [3.8, 4) is 0 Å². The van der Waals surface area contributed by atoms with E-state index in [0.29, 0.717) is 18.9 Å². The van der Waals surface area contributed by atoms with E-state index in [2.05, 4.69) is 20.6 Å². The highest BCUT2D eigenvalue weighted by Gasteiger charge is 2.62. The normalized spacial score (nSPS) is 36.5. The molecule has 0 aromatic carbocycles. The number of hydrogen-bond acceptors (Lipinski definition) is 9. The van der Waals surface area contributed by atoms with Crippen LogP contribution in [0.2, 0.25) is 0 Å². The van der Waals surface area contributed by atoms with E-state index >= 15 is 0 Å². The summed E-state index contributed by atoms with van der Waals surface area (Å²) in [4.78, 5) is 22.8. The van der Waals surface area contributed by atoms with Gasteiger partial charge in [-0.3, -0.25) is 0 Å². The molecule has 3 aliphatic heterocycles. The molecule has 1 saturated heterocycles. The summed E-state index contributed by atoms with van der Waals surface area (Å²) in [5.41, 5.74) is 11.1. The molecule has 10 nitrogen and oxygen atoms in total. The second kappa shape index (κ2) is 6.49. The van der Waals surface area contributed by atoms with Crippen LogP contribution in [-0.4, -0.2) is 71.1 Å². The maximum Gasteiger partial charge on any atom is 0.407 e. The number of aliphatic imine (C=N–C) groups is 2. The number of aliphatic hydroxyl groups excluding tert-OH is 1. The topological polar surface area (TPSA) is 151 Å².